The Balaban J connectivity index is 1.99. The highest BCUT2D eigenvalue weighted by molar-refractivity contribution is 7.99. The molecule has 0 saturated heterocycles. The molecule has 22 heavy (non-hydrogen) atoms. The Morgan fingerprint density at radius 1 is 1.36 bits per heavy atom. The molecular weight excluding hydrogens is 296 g/mol. The van der Waals surface area contributed by atoms with E-state index in [2.05, 4.69) is 11.1 Å². The molecule has 0 N–H and O–H groups in total. The van der Waals surface area contributed by atoms with E-state index in [1.165, 1.54) is 18.7 Å². The summed E-state index contributed by atoms with van der Waals surface area (Å²) in [6.07, 6.45) is 0. The lowest BCUT2D eigenvalue weighted by Gasteiger charge is -2.08. The maximum Gasteiger partial charge on any atom is 0.161 e. The van der Waals surface area contributed by atoms with Crippen molar-refractivity contribution in [2.45, 2.75) is 18.9 Å². The largest absolute Gasteiger partial charge is 0.493 e. The number of pyridine rings is 1. The maximum absolute atomic E-state index is 11.5. The monoisotopic (exact) mass is 312 g/mol. The molecule has 112 valence electrons. The van der Waals surface area contributed by atoms with E-state index in [9.17, 15) is 10.1 Å². The Kier molecular flexibility index (Phi) is 5.56. The van der Waals surface area contributed by atoms with Gasteiger partial charge in [-0.15, -0.1) is 11.8 Å². The summed E-state index contributed by atoms with van der Waals surface area (Å²) in [6, 6.07) is 13.3. The first-order valence-corrected chi connectivity index (χ1v) is 7.83. The first-order chi connectivity index (χ1) is 10.6. The zero-order chi connectivity index (χ0) is 15.9. The van der Waals surface area contributed by atoms with Crippen LogP contribution in [0.4, 0.5) is 0 Å². The summed E-state index contributed by atoms with van der Waals surface area (Å²) in [4.78, 5) is 15.9. The lowest BCUT2D eigenvalue weighted by atomic mass is 10.1. The van der Waals surface area contributed by atoms with E-state index in [-0.39, 0.29) is 5.78 Å². The average molecular weight is 312 g/mol. The van der Waals surface area contributed by atoms with Crippen molar-refractivity contribution in [3.8, 4) is 11.8 Å². The minimum atomic E-state index is -0.0783. The number of ether oxygens (including phenoxy) is 1. The van der Waals surface area contributed by atoms with Crippen molar-refractivity contribution in [3.63, 3.8) is 0 Å². The molecule has 2 aromatic rings. The number of aromatic nitrogens is 1. The zero-order valence-corrected chi connectivity index (χ0v) is 13.3. The minimum Gasteiger partial charge on any atom is -0.493 e. The highest BCUT2D eigenvalue weighted by atomic mass is 32.2. The number of carbonyl (C=O) groups excluding carboxylic acids is 1. The van der Waals surface area contributed by atoms with E-state index >= 15 is 0 Å². The second-order valence-corrected chi connectivity index (χ2v) is 5.74. The van der Waals surface area contributed by atoms with Gasteiger partial charge < -0.3 is 4.74 Å². The van der Waals surface area contributed by atoms with Gasteiger partial charge in [0.15, 0.2) is 5.78 Å². The first kappa shape index (κ1) is 16.1. The number of rotatable bonds is 6. The third-order valence-electron chi connectivity index (χ3n) is 3.01. The van der Waals surface area contributed by atoms with Crippen molar-refractivity contribution in [2.75, 3.05) is 12.4 Å². The Morgan fingerprint density at radius 2 is 2.09 bits per heavy atom. The van der Waals surface area contributed by atoms with Crippen LogP contribution in [0, 0.1) is 18.3 Å². The number of para-hydroxylation sites is 1. The molecular formula is C17H16N2O2S. The highest BCUT2D eigenvalue weighted by Gasteiger charge is 2.12. The van der Waals surface area contributed by atoms with E-state index in [1.807, 2.05) is 30.3 Å². The standard InChI is InChI=1S/C17H16N2O2S/c1-12-16(13(2)20)10-14(11-18)17(19-12)22-9-8-21-15-6-4-3-5-7-15/h3-7,10H,8-9H2,1-2H3. The van der Waals surface area contributed by atoms with Gasteiger partial charge in [-0.3, -0.25) is 4.79 Å². The van der Waals surface area contributed by atoms with Crippen LogP contribution in [0.2, 0.25) is 0 Å². The van der Waals surface area contributed by atoms with Gasteiger partial charge in [0.1, 0.15) is 16.8 Å². The van der Waals surface area contributed by atoms with Crippen LogP contribution >= 0.6 is 11.8 Å². The van der Waals surface area contributed by atoms with Gasteiger partial charge in [0, 0.05) is 17.0 Å². The third-order valence-corrected chi connectivity index (χ3v) is 3.97. The van der Waals surface area contributed by atoms with Gasteiger partial charge in [-0.2, -0.15) is 5.26 Å². The molecule has 0 aliphatic heterocycles. The van der Waals surface area contributed by atoms with Crippen LogP contribution in [0.5, 0.6) is 5.75 Å². The topological polar surface area (TPSA) is 63.0 Å². The van der Waals surface area contributed by atoms with Crippen LogP contribution in [-0.2, 0) is 0 Å². The van der Waals surface area contributed by atoms with E-state index in [1.54, 1.807) is 13.0 Å². The Hall–Kier alpha value is -2.32. The summed E-state index contributed by atoms with van der Waals surface area (Å²) < 4.78 is 5.61. The summed E-state index contributed by atoms with van der Waals surface area (Å²) >= 11 is 1.46. The fourth-order valence-corrected chi connectivity index (χ4v) is 2.77. The molecule has 1 heterocycles. The average Bonchev–Trinajstić information content (AvgIpc) is 2.52. The molecule has 0 aliphatic rings. The van der Waals surface area contributed by atoms with Crippen LogP contribution < -0.4 is 4.74 Å². The molecule has 2 rings (SSSR count). The van der Waals surface area contributed by atoms with Gasteiger partial charge in [-0.05, 0) is 32.0 Å². The highest BCUT2D eigenvalue weighted by Crippen LogP contribution is 2.23. The summed E-state index contributed by atoms with van der Waals surface area (Å²) in [5, 5.41) is 9.84. The lowest BCUT2D eigenvalue weighted by Crippen LogP contribution is -2.04. The lowest BCUT2D eigenvalue weighted by molar-refractivity contribution is 0.101. The molecule has 0 aliphatic carbocycles. The van der Waals surface area contributed by atoms with Crippen molar-refractivity contribution in [2.24, 2.45) is 0 Å². The molecule has 0 unspecified atom stereocenters. The van der Waals surface area contributed by atoms with Gasteiger partial charge in [0.05, 0.1) is 12.2 Å². The Labute approximate surface area is 134 Å². The van der Waals surface area contributed by atoms with E-state index in [0.717, 1.165) is 5.75 Å². The van der Waals surface area contributed by atoms with Crippen LogP contribution in [-0.4, -0.2) is 23.1 Å². The second-order valence-electron chi connectivity index (χ2n) is 4.65. The quantitative estimate of drug-likeness (QED) is 0.463. The number of nitriles is 1. The van der Waals surface area contributed by atoms with Crippen molar-refractivity contribution in [1.82, 2.24) is 4.98 Å². The number of hydrogen-bond donors (Lipinski definition) is 0. The second kappa shape index (κ2) is 7.62. The summed E-state index contributed by atoms with van der Waals surface area (Å²) in [5.74, 6) is 1.42. The van der Waals surface area contributed by atoms with Gasteiger partial charge in [0.2, 0.25) is 0 Å². The minimum absolute atomic E-state index is 0.0783. The fourth-order valence-electron chi connectivity index (χ4n) is 1.94. The number of benzene rings is 1. The number of nitrogens with zero attached hydrogens (tertiary/aromatic N) is 2. The maximum atomic E-state index is 11.5. The number of Topliss-reactive ketones (excluding diaryl/α,β-unsaturated/α-hetero) is 1. The predicted octanol–water partition coefficient (Wildman–Crippen LogP) is 3.64. The smallest absolute Gasteiger partial charge is 0.161 e. The fraction of sp³-hybridized carbons (Fsp3) is 0.235. The van der Waals surface area contributed by atoms with E-state index in [0.29, 0.717) is 34.2 Å². The van der Waals surface area contributed by atoms with Crippen LogP contribution in [0.1, 0.15) is 28.5 Å². The number of thioether (sulfide) groups is 1. The molecule has 0 bridgehead atoms. The van der Waals surface area contributed by atoms with Crippen molar-refractivity contribution >= 4 is 17.5 Å². The Morgan fingerprint density at radius 3 is 2.73 bits per heavy atom. The summed E-state index contributed by atoms with van der Waals surface area (Å²) in [5.41, 5.74) is 1.58. The molecule has 0 fully saturated rings. The number of aryl methyl sites for hydroxylation is 1. The summed E-state index contributed by atoms with van der Waals surface area (Å²) in [6.45, 7) is 3.78. The molecule has 0 radical (unpaired) electrons. The van der Waals surface area contributed by atoms with Gasteiger partial charge in [0.25, 0.3) is 0 Å². The molecule has 0 atom stereocenters. The molecule has 5 heteroatoms. The van der Waals surface area contributed by atoms with Crippen molar-refractivity contribution in [1.29, 1.82) is 5.26 Å². The van der Waals surface area contributed by atoms with Gasteiger partial charge in [-0.1, -0.05) is 18.2 Å². The van der Waals surface area contributed by atoms with Gasteiger partial charge in [-0.25, -0.2) is 4.98 Å². The first-order valence-electron chi connectivity index (χ1n) is 6.85. The molecule has 0 amide bonds. The van der Waals surface area contributed by atoms with Gasteiger partial charge >= 0.3 is 0 Å². The molecule has 0 spiro atoms. The number of ketones is 1. The predicted molar refractivity (Wildman–Crippen MR) is 86.4 cm³/mol. The van der Waals surface area contributed by atoms with E-state index in [4.69, 9.17) is 4.74 Å². The summed E-state index contributed by atoms with van der Waals surface area (Å²) in [7, 11) is 0. The molecule has 1 aromatic heterocycles. The number of carbonyl (C=O) groups is 1. The zero-order valence-electron chi connectivity index (χ0n) is 12.5. The van der Waals surface area contributed by atoms with Crippen LogP contribution in [0.3, 0.4) is 0 Å². The SMILES string of the molecule is CC(=O)c1cc(C#N)c(SCCOc2ccccc2)nc1C. The van der Waals surface area contributed by atoms with E-state index < -0.39 is 0 Å². The van der Waals surface area contributed by atoms with Crippen molar-refractivity contribution < 1.29 is 9.53 Å². The third kappa shape index (κ3) is 4.09. The van der Waals surface area contributed by atoms with Crippen LogP contribution in [0.15, 0.2) is 41.4 Å². The van der Waals surface area contributed by atoms with Crippen LogP contribution in [0.25, 0.3) is 0 Å². The Bertz CT molecular complexity index is 709. The molecule has 0 saturated carbocycles. The molecule has 1 aromatic carbocycles. The number of hydrogen-bond acceptors (Lipinski definition) is 5. The molecule has 4 nitrogen and oxygen atoms in total. The van der Waals surface area contributed by atoms with Crippen molar-refractivity contribution in [3.05, 3.63) is 53.2 Å². The normalized spacial score (nSPS) is 10.0.